The zero-order chi connectivity index (χ0) is 12.4. The van der Waals surface area contributed by atoms with Crippen LogP contribution in [0.25, 0.3) is 0 Å². The summed E-state index contributed by atoms with van der Waals surface area (Å²) in [5.74, 6) is 1.46. The number of rotatable bonds is 4. The zero-order valence-electron chi connectivity index (χ0n) is 11.0. The molecule has 1 aromatic carbocycles. The molecule has 0 spiro atoms. The van der Waals surface area contributed by atoms with Crippen LogP contribution in [0.1, 0.15) is 55.2 Å². The van der Waals surface area contributed by atoms with E-state index in [4.69, 9.17) is 10.5 Å². The molecule has 2 heteroatoms. The minimum Gasteiger partial charge on any atom is -0.381 e. The van der Waals surface area contributed by atoms with Gasteiger partial charge in [0.15, 0.2) is 0 Å². The molecule has 2 unspecified atom stereocenters. The molecule has 98 valence electrons. The topological polar surface area (TPSA) is 35.2 Å². The molecule has 1 aliphatic carbocycles. The summed E-state index contributed by atoms with van der Waals surface area (Å²) in [6.07, 6.45) is 6.34. The second kappa shape index (κ2) is 5.41. The van der Waals surface area contributed by atoms with Crippen LogP contribution in [0.2, 0.25) is 0 Å². The Morgan fingerprint density at radius 1 is 1.28 bits per heavy atom. The third kappa shape index (κ3) is 2.60. The first kappa shape index (κ1) is 12.2. The third-order valence-electron chi connectivity index (χ3n) is 4.53. The molecule has 1 aliphatic heterocycles. The standard InChI is InChI=1S/C16H23NO/c17-16(9-12-7-8-18-11-12)15-6-2-5-14(10-15)13-3-1-4-13/h2,5-6,10,12-13,16H,1,3-4,7-9,11,17H2. The van der Waals surface area contributed by atoms with Crippen LogP contribution in [0, 0.1) is 5.92 Å². The first-order valence-electron chi connectivity index (χ1n) is 7.26. The maximum atomic E-state index is 6.35. The van der Waals surface area contributed by atoms with E-state index in [0.717, 1.165) is 25.6 Å². The summed E-state index contributed by atoms with van der Waals surface area (Å²) in [6.45, 7) is 1.81. The summed E-state index contributed by atoms with van der Waals surface area (Å²) in [6, 6.07) is 9.14. The first-order valence-corrected chi connectivity index (χ1v) is 7.26. The number of hydrogen-bond donors (Lipinski definition) is 1. The van der Waals surface area contributed by atoms with Crippen molar-refractivity contribution in [3.63, 3.8) is 0 Å². The number of nitrogens with two attached hydrogens (primary N) is 1. The van der Waals surface area contributed by atoms with Crippen LogP contribution in [0.4, 0.5) is 0 Å². The summed E-state index contributed by atoms with van der Waals surface area (Å²) >= 11 is 0. The van der Waals surface area contributed by atoms with Gasteiger partial charge in [-0.3, -0.25) is 0 Å². The van der Waals surface area contributed by atoms with Crippen LogP contribution in [-0.2, 0) is 4.74 Å². The fraction of sp³-hybridized carbons (Fsp3) is 0.625. The average molecular weight is 245 g/mol. The van der Waals surface area contributed by atoms with Crippen molar-refractivity contribution in [1.82, 2.24) is 0 Å². The fourth-order valence-corrected chi connectivity index (χ4v) is 3.05. The normalized spacial score (nSPS) is 25.9. The largest absolute Gasteiger partial charge is 0.381 e. The fourth-order valence-electron chi connectivity index (χ4n) is 3.05. The maximum Gasteiger partial charge on any atom is 0.0495 e. The van der Waals surface area contributed by atoms with Gasteiger partial charge >= 0.3 is 0 Å². The van der Waals surface area contributed by atoms with Gasteiger partial charge in [0.1, 0.15) is 0 Å². The molecule has 0 bridgehead atoms. The van der Waals surface area contributed by atoms with Gasteiger partial charge in [0.25, 0.3) is 0 Å². The van der Waals surface area contributed by atoms with Gasteiger partial charge in [-0.25, -0.2) is 0 Å². The molecule has 18 heavy (non-hydrogen) atoms. The molecule has 0 aromatic heterocycles. The highest BCUT2D eigenvalue weighted by Gasteiger charge is 2.22. The Morgan fingerprint density at radius 2 is 2.17 bits per heavy atom. The van der Waals surface area contributed by atoms with Crippen LogP contribution >= 0.6 is 0 Å². The second-order valence-electron chi connectivity index (χ2n) is 5.87. The average Bonchev–Trinajstić information content (AvgIpc) is 2.80. The van der Waals surface area contributed by atoms with E-state index in [2.05, 4.69) is 24.3 Å². The van der Waals surface area contributed by atoms with Crippen molar-refractivity contribution in [3.8, 4) is 0 Å². The molecule has 2 N–H and O–H groups in total. The quantitative estimate of drug-likeness (QED) is 0.882. The minimum atomic E-state index is 0.178. The van der Waals surface area contributed by atoms with Crippen molar-refractivity contribution in [2.45, 2.75) is 44.1 Å². The first-order chi connectivity index (χ1) is 8.83. The molecule has 2 atom stereocenters. The Kier molecular flexibility index (Phi) is 3.67. The van der Waals surface area contributed by atoms with Gasteiger partial charge in [-0.05, 0) is 48.6 Å². The number of benzene rings is 1. The summed E-state index contributed by atoms with van der Waals surface area (Å²) in [5, 5.41) is 0. The lowest BCUT2D eigenvalue weighted by molar-refractivity contribution is 0.182. The molecule has 3 rings (SSSR count). The monoisotopic (exact) mass is 245 g/mol. The van der Waals surface area contributed by atoms with Crippen molar-refractivity contribution in [3.05, 3.63) is 35.4 Å². The molecule has 0 radical (unpaired) electrons. The molecule has 2 aliphatic rings. The van der Waals surface area contributed by atoms with Crippen molar-refractivity contribution in [2.24, 2.45) is 11.7 Å². The van der Waals surface area contributed by atoms with Gasteiger partial charge < -0.3 is 10.5 Å². The predicted molar refractivity (Wildman–Crippen MR) is 73.5 cm³/mol. The Balaban J connectivity index is 1.66. The SMILES string of the molecule is NC(CC1CCOC1)c1cccc(C2CCC2)c1. The van der Waals surface area contributed by atoms with Crippen LogP contribution < -0.4 is 5.73 Å². The Morgan fingerprint density at radius 3 is 2.83 bits per heavy atom. The lowest BCUT2D eigenvalue weighted by Gasteiger charge is -2.27. The van der Waals surface area contributed by atoms with E-state index >= 15 is 0 Å². The van der Waals surface area contributed by atoms with Crippen molar-refractivity contribution in [2.75, 3.05) is 13.2 Å². The van der Waals surface area contributed by atoms with Crippen molar-refractivity contribution in [1.29, 1.82) is 0 Å². The lowest BCUT2D eigenvalue weighted by Crippen LogP contribution is -2.16. The van der Waals surface area contributed by atoms with E-state index in [9.17, 15) is 0 Å². The lowest BCUT2D eigenvalue weighted by atomic mass is 9.79. The minimum absolute atomic E-state index is 0.178. The van der Waals surface area contributed by atoms with E-state index in [0.29, 0.717) is 5.92 Å². The molecule has 1 aromatic rings. The van der Waals surface area contributed by atoms with Crippen LogP contribution in [0.15, 0.2) is 24.3 Å². The van der Waals surface area contributed by atoms with E-state index in [1.54, 1.807) is 0 Å². The molecular weight excluding hydrogens is 222 g/mol. The van der Waals surface area contributed by atoms with Crippen LogP contribution in [0.5, 0.6) is 0 Å². The van der Waals surface area contributed by atoms with E-state index in [1.807, 2.05) is 0 Å². The molecule has 2 nitrogen and oxygen atoms in total. The van der Waals surface area contributed by atoms with Crippen LogP contribution in [0.3, 0.4) is 0 Å². The zero-order valence-corrected chi connectivity index (χ0v) is 11.0. The van der Waals surface area contributed by atoms with Gasteiger partial charge in [-0.2, -0.15) is 0 Å². The molecule has 2 fully saturated rings. The number of hydrogen-bond acceptors (Lipinski definition) is 2. The Labute approximate surface area is 110 Å². The highest BCUT2D eigenvalue weighted by Crippen LogP contribution is 2.37. The van der Waals surface area contributed by atoms with E-state index in [1.165, 1.54) is 36.8 Å². The van der Waals surface area contributed by atoms with Gasteiger partial charge in [-0.15, -0.1) is 0 Å². The second-order valence-corrected chi connectivity index (χ2v) is 5.87. The van der Waals surface area contributed by atoms with Crippen molar-refractivity contribution < 1.29 is 4.74 Å². The van der Waals surface area contributed by atoms with Crippen molar-refractivity contribution >= 4 is 0 Å². The predicted octanol–water partition coefficient (Wildman–Crippen LogP) is 3.38. The van der Waals surface area contributed by atoms with Gasteiger partial charge in [-0.1, -0.05) is 30.7 Å². The Bertz CT molecular complexity index is 394. The summed E-state index contributed by atoms with van der Waals surface area (Å²) in [4.78, 5) is 0. The van der Waals surface area contributed by atoms with Gasteiger partial charge in [0.05, 0.1) is 0 Å². The highest BCUT2D eigenvalue weighted by molar-refractivity contribution is 5.29. The van der Waals surface area contributed by atoms with Gasteiger partial charge in [0.2, 0.25) is 0 Å². The molecule has 0 amide bonds. The van der Waals surface area contributed by atoms with Gasteiger partial charge in [0, 0.05) is 19.3 Å². The summed E-state index contributed by atoms with van der Waals surface area (Å²) in [7, 11) is 0. The third-order valence-corrected chi connectivity index (χ3v) is 4.53. The molecular formula is C16H23NO. The molecule has 1 heterocycles. The van der Waals surface area contributed by atoms with Crippen LogP contribution in [-0.4, -0.2) is 13.2 Å². The smallest absolute Gasteiger partial charge is 0.0495 e. The van der Waals surface area contributed by atoms with E-state index < -0.39 is 0 Å². The summed E-state index contributed by atoms with van der Waals surface area (Å²) < 4.78 is 5.43. The van der Waals surface area contributed by atoms with E-state index in [-0.39, 0.29) is 6.04 Å². The Hall–Kier alpha value is -0.860. The maximum absolute atomic E-state index is 6.35. The molecule has 1 saturated carbocycles. The molecule has 1 saturated heterocycles. The number of ether oxygens (including phenoxy) is 1. The highest BCUT2D eigenvalue weighted by atomic mass is 16.5. The summed E-state index contributed by atoms with van der Waals surface area (Å²) in [5.41, 5.74) is 9.16.